The highest BCUT2D eigenvalue weighted by atomic mass is 35.5. The standard InChI is InChI=1S/C23H25ClN2O4S/c1-3-22(26(31(2,28)29)20-11-9-19(24)10-12-20)23(27)25-14-15-30-21-13-8-17-6-4-5-7-18(17)16-21/h4-13,16,22H,3,14-15H2,1-2H3,(H,25,27)/t22-/m1/s1. The number of carbonyl (C=O) groups excluding carboxylic acids is 1. The predicted octanol–water partition coefficient (Wildman–Crippen LogP) is 4.23. The summed E-state index contributed by atoms with van der Waals surface area (Å²) in [4.78, 5) is 12.8. The van der Waals surface area contributed by atoms with E-state index in [-0.39, 0.29) is 19.1 Å². The number of sulfonamides is 1. The lowest BCUT2D eigenvalue weighted by atomic mass is 10.1. The summed E-state index contributed by atoms with van der Waals surface area (Å²) in [6, 6.07) is 19.3. The minimum Gasteiger partial charge on any atom is -0.492 e. The minimum atomic E-state index is -3.68. The van der Waals surface area contributed by atoms with Gasteiger partial charge in [0, 0.05) is 5.02 Å². The van der Waals surface area contributed by atoms with Gasteiger partial charge in [-0.1, -0.05) is 48.9 Å². The molecule has 0 unspecified atom stereocenters. The van der Waals surface area contributed by atoms with Crippen molar-refractivity contribution < 1.29 is 17.9 Å². The maximum Gasteiger partial charge on any atom is 0.244 e. The van der Waals surface area contributed by atoms with Crippen LogP contribution in [0.25, 0.3) is 10.8 Å². The van der Waals surface area contributed by atoms with Gasteiger partial charge >= 0.3 is 0 Å². The maximum atomic E-state index is 12.8. The second kappa shape index (κ2) is 10.0. The van der Waals surface area contributed by atoms with Gasteiger partial charge in [0.1, 0.15) is 18.4 Å². The van der Waals surface area contributed by atoms with E-state index in [1.165, 1.54) is 0 Å². The molecule has 8 heteroatoms. The van der Waals surface area contributed by atoms with Crippen molar-refractivity contribution in [3.05, 3.63) is 71.8 Å². The Morgan fingerprint density at radius 1 is 1.06 bits per heavy atom. The highest BCUT2D eigenvalue weighted by Crippen LogP contribution is 2.24. The number of amides is 1. The van der Waals surface area contributed by atoms with E-state index in [0.29, 0.717) is 22.9 Å². The zero-order chi connectivity index (χ0) is 22.4. The molecule has 0 aliphatic rings. The van der Waals surface area contributed by atoms with Crippen LogP contribution >= 0.6 is 11.6 Å². The Morgan fingerprint density at radius 3 is 2.39 bits per heavy atom. The summed E-state index contributed by atoms with van der Waals surface area (Å²) in [5.74, 6) is 0.323. The summed E-state index contributed by atoms with van der Waals surface area (Å²) >= 11 is 5.91. The van der Waals surface area contributed by atoms with Crippen LogP contribution in [0.4, 0.5) is 5.69 Å². The molecule has 0 aliphatic heterocycles. The third kappa shape index (κ3) is 5.89. The van der Waals surface area contributed by atoms with Gasteiger partial charge in [0.25, 0.3) is 0 Å². The van der Waals surface area contributed by atoms with Crippen LogP contribution in [-0.2, 0) is 14.8 Å². The molecule has 0 heterocycles. The van der Waals surface area contributed by atoms with Gasteiger partial charge in [-0.2, -0.15) is 0 Å². The number of anilines is 1. The van der Waals surface area contributed by atoms with E-state index in [2.05, 4.69) is 5.32 Å². The van der Waals surface area contributed by atoms with Crippen LogP contribution in [0.3, 0.4) is 0 Å². The van der Waals surface area contributed by atoms with Gasteiger partial charge in [0.05, 0.1) is 18.5 Å². The summed E-state index contributed by atoms with van der Waals surface area (Å²) in [5.41, 5.74) is 0.390. The van der Waals surface area contributed by atoms with Crippen LogP contribution in [0.2, 0.25) is 5.02 Å². The van der Waals surface area contributed by atoms with E-state index in [0.717, 1.165) is 21.3 Å². The molecule has 1 N–H and O–H groups in total. The van der Waals surface area contributed by atoms with Gasteiger partial charge in [-0.05, 0) is 53.6 Å². The molecule has 3 aromatic carbocycles. The molecule has 31 heavy (non-hydrogen) atoms. The Hall–Kier alpha value is -2.77. The summed E-state index contributed by atoms with van der Waals surface area (Å²) in [6.07, 6.45) is 1.40. The number of benzene rings is 3. The van der Waals surface area contributed by atoms with Crippen molar-refractivity contribution in [2.24, 2.45) is 0 Å². The van der Waals surface area contributed by atoms with Crippen LogP contribution in [0.1, 0.15) is 13.3 Å². The fourth-order valence-electron chi connectivity index (χ4n) is 3.37. The van der Waals surface area contributed by atoms with Gasteiger partial charge in [-0.3, -0.25) is 9.10 Å². The molecule has 0 fully saturated rings. The van der Waals surface area contributed by atoms with Crippen molar-refractivity contribution in [2.45, 2.75) is 19.4 Å². The topological polar surface area (TPSA) is 75.7 Å². The van der Waals surface area contributed by atoms with Crippen molar-refractivity contribution in [1.29, 1.82) is 0 Å². The van der Waals surface area contributed by atoms with Gasteiger partial charge in [-0.15, -0.1) is 0 Å². The summed E-state index contributed by atoms with van der Waals surface area (Å²) in [5, 5.41) is 5.46. The van der Waals surface area contributed by atoms with Crippen molar-refractivity contribution >= 4 is 44.0 Å². The SMILES string of the molecule is CC[C@H](C(=O)NCCOc1ccc2ccccc2c1)N(c1ccc(Cl)cc1)S(C)(=O)=O. The van der Waals surface area contributed by atoms with E-state index in [1.54, 1.807) is 31.2 Å². The number of halogens is 1. The maximum absolute atomic E-state index is 12.8. The largest absolute Gasteiger partial charge is 0.492 e. The summed E-state index contributed by atoms with van der Waals surface area (Å²) in [6.45, 7) is 2.28. The monoisotopic (exact) mass is 460 g/mol. The molecular weight excluding hydrogens is 436 g/mol. The highest BCUT2D eigenvalue weighted by Gasteiger charge is 2.31. The number of carbonyl (C=O) groups is 1. The van der Waals surface area contributed by atoms with Crippen LogP contribution in [0, 0.1) is 0 Å². The van der Waals surface area contributed by atoms with Gasteiger partial charge in [0.2, 0.25) is 15.9 Å². The predicted molar refractivity (Wildman–Crippen MR) is 125 cm³/mol. The average Bonchev–Trinajstić information content (AvgIpc) is 2.74. The van der Waals surface area contributed by atoms with E-state index < -0.39 is 16.1 Å². The molecule has 6 nitrogen and oxygen atoms in total. The van der Waals surface area contributed by atoms with Gasteiger partial charge in [-0.25, -0.2) is 8.42 Å². The molecule has 0 aromatic heterocycles. The smallest absolute Gasteiger partial charge is 0.244 e. The second-order valence-electron chi connectivity index (χ2n) is 7.11. The van der Waals surface area contributed by atoms with E-state index in [4.69, 9.17) is 16.3 Å². The fraction of sp³-hybridized carbons (Fsp3) is 0.261. The Labute approximate surface area is 187 Å². The number of nitrogens with one attached hydrogen (secondary N) is 1. The van der Waals surface area contributed by atoms with Crippen molar-refractivity contribution in [3.8, 4) is 5.75 Å². The zero-order valence-corrected chi connectivity index (χ0v) is 19.0. The molecule has 0 saturated heterocycles. The summed E-state index contributed by atoms with van der Waals surface area (Å²) < 4.78 is 31.7. The number of hydrogen-bond acceptors (Lipinski definition) is 4. The first kappa shape index (κ1) is 22.9. The van der Waals surface area contributed by atoms with Crippen molar-refractivity contribution in [2.75, 3.05) is 23.7 Å². The first-order valence-electron chi connectivity index (χ1n) is 9.94. The van der Waals surface area contributed by atoms with Gasteiger partial charge in [0.15, 0.2) is 0 Å². The quantitative estimate of drug-likeness (QED) is 0.485. The Morgan fingerprint density at radius 2 is 1.74 bits per heavy atom. The first-order chi connectivity index (χ1) is 14.8. The van der Waals surface area contributed by atoms with E-state index >= 15 is 0 Å². The summed E-state index contributed by atoms with van der Waals surface area (Å²) in [7, 11) is -3.68. The zero-order valence-electron chi connectivity index (χ0n) is 17.4. The molecule has 0 aliphatic carbocycles. The molecule has 3 aromatic rings. The molecule has 3 rings (SSSR count). The van der Waals surface area contributed by atoms with Crippen LogP contribution < -0.4 is 14.4 Å². The van der Waals surface area contributed by atoms with Crippen molar-refractivity contribution in [3.63, 3.8) is 0 Å². The minimum absolute atomic E-state index is 0.250. The van der Waals surface area contributed by atoms with E-state index in [9.17, 15) is 13.2 Å². The third-order valence-corrected chi connectivity index (χ3v) is 6.23. The van der Waals surface area contributed by atoms with E-state index in [1.807, 2.05) is 42.5 Å². The molecule has 1 atom stereocenters. The molecule has 1 amide bonds. The van der Waals surface area contributed by atoms with Crippen LogP contribution in [0.5, 0.6) is 5.75 Å². The highest BCUT2D eigenvalue weighted by molar-refractivity contribution is 7.92. The number of nitrogens with zero attached hydrogens (tertiary/aromatic N) is 1. The lowest BCUT2D eigenvalue weighted by molar-refractivity contribution is -0.122. The molecule has 0 bridgehead atoms. The Balaban J connectivity index is 1.63. The second-order valence-corrected chi connectivity index (χ2v) is 9.40. The Kier molecular flexibility index (Phi) is 7.41. The molecule has 0 radical (unpaired) electrons. The number of ether oxygens (including phenoxy) is 1. The first-order valence-corrected chi connectivity index (χ1v) is 12.2. The lowest BCUT2D eigenvalue weighted by Gasteiger charge is -2.30. The number of fused-ring (bicyclic) bond motifs is 1. The molecule has 0 spiro atoms. The third-order valence-electron chi connectivity index (χ3n) is 4.80. The number of rotatable bonds is 9. The molecule has 164 valence electrons. The van der Waals surface area contributed by atoms with Crippen LogP contribution in [0.15, 0.2) is 66.7 Å². The normalized spacial score (nSPS) is 12.4. The Bertz CT molecular complexity index is 1150. The van der Waals surface area contributed by atoms with Gasteiger partial charge < -0.3 is 10.1 Å². The molecular formula is C23H25ClN2O4S. The lowest BCUT2D eigenvalue weighted by Crippen LogP contribution is -2.50. The average molecular weight is 461 g/mol. The van der Waals surface area contributed by atoms with Crippen molar-refractivity contribution in [1.82, 2.24) is 5.32 Å². The number of hydrogen-bond donors (Lipinski definition) is 1. The van der Waals surface area contributed by atoms with Crippen LogP contribution in [-0.4, -0.2) is 39.8 Å². The molecule has 0 saturated carbocycles. The fourth-order valence-corrected chi connectivity index (χ4v) is 4.70.